The molecule has 1 aromatic heterocycles. The molecule has 4 aromatic rings. The first-order chi connectivity index (χ1) is 21.3. The Bertz CT molecular complexity index is 1700. The first kappa shape index (κ1) is 33.9. The maximum Gasteiger partial charge on any atom is 0.490 e. The molecule has 1 aliphatic rings. The first-order valence-corrected chi connectivity index (χ1v) is 16.1. The number of carboxylic acids is 1. The standard InChI is InChI=1S/C29H32ClN5O2S.C2HF3O2/c1-20-6-16-25(17-7-20)38(36,37)32-19-22-10-8-21(9-11-22)18-31-29-34-27-5-3-2-4-26(27)28(35-29)33-24-14-12-23(30)13-15-24;3-2(4,5)1(6)7/h2-7,12-17,21-22,32H,8-11,18-19H2,1H3,(H2,31,33,34,35);(H,6,7). The van der Waals surface area contributed by atoms with Gasteiger partial charge in [0.15, 0.2) is 0 Å². The molecule has 14 heteroatoms. The van der Waals surface area contributed by atoms with Crippen LogP contribution in [0, 0.1) is 18.8 Å². The van der Waals surface area contributed by atoms with E-state index in [4.69, 9.17) is 31.5 Å². The van der Waals surface area contributed by atoms with Crippen molar-refractivity contribution in [2.45, 2.75) is 43.7 Å². The topological polar surface area (TPSA) is 133 Å². The molecule has 0 amide bonds. The van der Waals surface area contributed by atoms with Crippen molar-refractivity contribution >= 4 is 56.0 Å². The number of para-hydroxylation sites is 1. The lowest BCUT2D eigenvalue weighted by Gasteiger charge is -2.28. The van der Waals surface area contributed by atoms with Gasteiger partial charge in [-0.25, -0.2) is 22.9 Å². The number of aromatic nitrogens is 2. The van der Waals surface area contributed by atoms with Crippen molar-refractivity contribution in [1.29, 1.82) is 0 Å². The third kappa shape index (κ3) is 10.0. The Morgan fingerprint density at radius 3 is 2.09 bits per heavy atom. The Kier molecular flexibility index (Phi) is 11.2. The molecule has 1 saturated carbocycles. The summed E-state index contributed by atoms with van der Waals surface area (Å²) in [6.07, 6.45) is -1.03. The fourth-order valence-electron chi connectivity index (χ4n) is 4.82. The van der Waals surface area contributed by atoms with Gasteiger partial charge in [0.05, 0.1) is 10.4 Å². The molecule has 4 N–H and O–H groups in total. The molecule has 0 bridgehead atoms. The molecule has 0 atom stereocenters. The van der Waals surface area contributed by atoms with Gasteiger partial charge in [-0.3, -0.25) is 0 Å². The summed E-state index contributed by atoms with van der Waals surface area (Å²) in [5, 5.41) is 15.6. The van der Waals surface area contributed by atoms with Gasteiger partial charge in [0, 0.05) is 29.2 Å². The van der Waals surface area contributed by atoms with Crippen LogP contribution in [0.2, 0.25) is 5.02 Å². The molecule has 1 aliphatic carbocycles. The van der Waals surface area contributed by atoms with Gasteiger partial charge in [0.1, 0.15) is 5.82 Å². The van der Waals surface area contributed by atoms with Crippen molar-refractivity contribution < 1.29 is 31.5 Å². The van der Waals surface area contributed by atoms with E-state index >= 15 is 0 Å². The number of carbonyl (C=O) groups is 1. The largest absolute Gasteiger partial charge is 0.490 e. The van der Waals surface area contributed by atoms with E-state index in [9.17, 15) is 21.6 Å². The summed E-state index contributed by atoms with van der Waals surface area (Å²) in [6, 6.07) is 22.4. The number of anilines is 3. The number of alkyl halides is 3. The quantitative estimate of drug-likeness (QED) is 0.148. The van der Waals surface area contributed by atoms with E-state index in [2.05, 4.69) is 15.4 Å². The van der Waals surface area contributed by atoms with Crippen LogP contribution in [0.1, 0.15) is 31.2 Å². The number of nitrogens with one attached hydrogen (secondary N) is 3. The second-order valence-corrected chi connectivity index (χ2v) is 13.0. The van der Waals surface area contributed by atoms with Gasteiger partial charge in [-0.2, -0.15) is 18.2 Å². The number of aliphatic carboxylic acids is 1. The maximum absolute atomic E-state index is 12.6. The lowest BCUT2D eigenvalue weighted by atomic mass is 9.82. The number of aryl methyl sites for hydroxylation is 1. The summed E-state index contributed by atoms with van der Waals surface area (Å²) in [4.78, 5) is 18.7. The Balaban J connectivity index is 0.000000591. The highest BCUT2D eigenvalue weighted by Crippen LogP contribution is 2.30. The zero-order chi connectivity index (χ0) is 32.6. The molecular formula is C31H33ClF3N5O4S. The van der Waals surface area contributed by atoms with Crippen LogP contribution >= 0.6 is 11.6 Å². The van der Waals surface area contributed by atoms with Gasteiger partial charge in [0.25, 0.3) is 0 Å². The molecule has 5 rings (SSSR count). The van der Waals surface area contributed by atoms with Crippen molar-refractivity contribution in [3.8, 4) is 0 Å². The number of hydrogen-bond donors (Lipinski definition) is 4. The molecule has 45 heavy (non-hydrogen) atoms. The van der Waals surface area contributed by atoms with Gasteiger partial charge >= 0.3 is 12.1 Å². The molecule has 0 aliphatic heterocycles. The van der Waals surface area contributed by atoms with Crippen LogP contribution in [0.5, 0.6) is 0 Å². The Morgan fingerprint density at radius 2 is 1.49 bits per heavy atom. The summed E-state index contributed by atoms with van der Waals surface area (Å²) >= 11 is 6.03. The highest BCUT2D eigenvalue weighted by atomic mass is 35.5. The molecule has 0 spiro atoms. The molecule has 0 radical (unpaired) electrons. The van der Waals surface area contributed by atoms with Crippen molar-refractivity contribution in [1.82, 2.24) is 14.7 Å². The number of nitrogens with zero attached hydrogens (tertiary/aromatic N) is 2. The Labute approximate surface area is 264 Å². The van der Waals surface area contributed by atoms with E-state index < -0.39 is 22.2 Å². The average molecular weight is 664 g/mol. The summed E-state index contributed by atoms with van der Waals surface area (Å²) in [6.45, 7) is 3.20. The minimum Gasteiger partial charge on any atom is -0.475 e. The summed E-state index contributed by atoms with van der Waals surface area (Å²) in [7, 11) is -3.47. The van der Waals surface area contributed by atoms with Gasteiger partial charge in [-0.1, -0.05) is 41.4 Å². The number of rotatable bonds is 9. The first-order valence-electron chi connectivity index (χ1n) is 14.2. The SMILES string of the molecule is Cc1ccc(S(=O)(=O)NCC2CCC(CNc3nc(Nc4ccc(Cl)cc4)c4ccccc4n3)CC2)cc1.O=C(O)C(F)(F)F. The van der Waals surface area contributed by atoms with Crippen LogP contribution < -0.4 is 15.4 Å². The molecule has 0 saturated heterocycles. The lowest BCUT2D eigenvalue weighted by molar-refractivity contribution is -0.192. The number of carboxylic acid groups (broad SMARTS) is 1. The van der Waals surface area contributed by atoms with Crippen molar-refractivity contribution in [3.05, 3.63) is 83.4 Å². The molecule has 1 heterocycles. The van der Waals surface area contributed by atoms with E-state index in [1.54, 1.807) is 12.1 Å². The van der Waals surface area contributed by atoms with Gasteiger partial charge in [-0.15, -0.1) is 0 Å². The molecular weight excluding hydrogens is 631 g/mol. The van der Waals surface area contributed by atoms with Crippen LogP contribution in [0.25, 0.3) is 10.9 Å². The predicted octanol–water partition coefficient (Wildman–Crippen LogP) is 7.17. The summed E-state index contributed by atoms with van der Waals surface area (Å²) in [5.74, 6) is -0.591. The molecule has 1 fully saturated rings. The minimum atomic E-state index is -5.08. The second kappa shape index (κ2) is 14.9. The Hall–Kier alpha value is -3.94. The third-order valence-electron chi connectivity index (χ3n) is 7.36. The summed E-state index contributed by atoms with van der Waals surface area (Å²) in [5.41, 5.74) is 2.81. The molecule has 0 unspecified atom stereocenters. The highest BCUT2D eigenvalue weighted by molar-refractivity contribution is 7.89. The fraction of sp³-hybridized carbons (Fsp3) is 0.323. The summed E-state index contributed by atoms with van der Waals surface area (Å²) < 4.78 is 59.8. The molecule has 240 valence electrons. The van der Waals surface area contributed by atoms with Crippen molar-refractivity contribution in [2.24, 2.45) is 11.8 Å². The average Bonchev–Trinajstić information content (AvgIpc) is 3.01. The van der Waals surface area contributed by atoms with E-state index in [-0.39, 0.29) is 0 Å². The van der Waals surface area contributed by atoms with Gasteiger partial charge < -0.3 is 15.7 Å². The third-order valence-corrected chi connectivity index (χ3v) is 9.05. The van der Waals surface area contributed by atoms with Gasteiger partial charge in [-0.05, 0) is 93.0 Å². The highest BCUT2D eigenvalue weighted by Gasteiger charge is 2.38. The lowest BCUT2D eigenvalue weighted by Crippen LogP contribution is -2.32. The smallest absolute Gasteiger partial charge is 0.475 e. The van der Waals surface area contributed by atoms with Crippen molar-refractivity contribution in [2.75, 3.05) is 23.7 Å². The van der Waals surface area contributed by atoms with Crippen LogP contribution in [-0.2, 0) is 14.8 Å². The molecule has 9 nitrogen and oxygen atoms in total. The number of sulfonamides is 1. The van der Waals surface area contributed by atoms with E-state index in [0.29, 0.717) is 34.2 Å². The monoisotopic (exact) mass is 663 g/mol. The zero-order valence-electron chi connectivity index (χ0n) is 24.3. The number of halogens is 4. The van der Waals surface area contributed by atoms with Gasteiger partial charge in [0.2, 0.25) is 16.0 Å². The van der Waals surface area contributed by atoms with Crippen LogP contribution in [0.4, 0.5) is 30.6 Å². The van der Waals surface area contributed by atoms with Crippen LogP contribution in [0.3, 0.4) is 0 Å². The predicted molar refractivity (Wildman–Crippen MR) is 168 cm³/mol. The van der Waals surface area contributed by atoms with E-state index in [0.717, 1.165) is 60.2 Å². The minimum absolute atomic E-state index is 0.321. The van der Waals surface area contributed by atoms with E-state index in [1.807, 2.05) is 67.6 Å². The Morgan fingerprint density at radius 1 is 0.911 bits per heavy atom. The number of fused-ring (bicyclic) bond motifs is 1. The normalized spacial score (nSPS) is 16.8. The number of benzene rings is 3. The zero-order valence-corrected chi connectivity index (χ0v) is 25.9. The van der Waals surface area contributed by atoms with Crippen LogP contribution in [-0.4, -0.2) is 48.7 Å². The maximum atomic E-state index is 12.6. The fourth-order valence-corrected chi connectivity index (χ4v) is 6.07. The second-order valence-electron chi connectivity index (χ2n) is 10.8. The van der Waals surface area contributed by atoms with Crippen molar-refractivity contribution in [3.63, 3.8) is 0 Å². The van der Waals surface area contributed by atoms with E-state index in [1.165, 1.54) is 0 Å². The van der Waals surface area contributed by atoms with Crippen LogP contribution in [0.15, 0.2) is 77.7 Å². The molecule has 3 aromatic carbocycles. The number of hydrogen-bond acceptors (Lipinski definition) is 7.